The van der Waals surface area contributed by atoms with Gasteiger partial charge in [0.25, 0.3) is 20.2 Å². The van der Waals surface area contributed by atoms with Crippen LogP contribution in [-0.2, 0) is 25.0 Å². The van der Waals surface area contributed by atoms with E-state index in [1.807, 2.05) is 12.1 Å². The molecule has 7 rings (SSSR count). The lowest BCUT2D eigenvalue weighted by atomic mass is 10.0. The Hall–Kier alpha value is -9.49. The molecule has 71 heavy (non-hydrogen) atoms. The number of aromatic carboxylic acids is 2. The number of nitrogens with one attached hydrogen (secondary N) is 3. The first kappa shape index (κ1) is 49.4. The van der Waals surface area contributed by atoms with Gasteiger partial charge in [0.1, 0.15) is 34.5 Å². The average Bonchev–Trinajstić information content (AvgIpc) is 3.91. The number of anilines is 5. The SMILES string of the molecule is CC(=O)Nc1ccc(-c2c(/N=N\c3c(C#N)ccn3-c3cc(C(=O)O)cc(C(=O)O)c3)sc(N=Nc3c(Nc4ccc(S(=O)(=O)O)cc4)nc(Nc4ccc(S(=O)(=O)O)cc4)c(C#N)c3C)c2C#N)cc1. The zero-order valence-electron chi connectivity index (χ0n) is 36.2. The first-order chi connectivity index (χ1) is 33.7. The fourth-order valence-corrected chi connectivity index (χ4v) is 8.55. The van der Waals surface area contributed by atoms with Crippen molar-refractivity contribution in [2.75, 3.05) is 16.0 Å². The Morgan fingerprint density at radius 3 is 1.68 bits per heavy atom. The molecule has 0 atom stereocenters. The number of rotatable bonds is 15. The minimum absolute atomic E-state index is 0.0145. The summed E-state index contributed by atoms with van der Waals surface area (Å²) in [6, 6.07) is 26.7. The fourth-order valence-electron chi connectivity index (χ4n) is 6.68. The fraction of sp³-hybridized carbons (Fsp3) is 0.0444. The summed E-state index contributed by atoms with van der Waals surface area (Å²) in [4.78, 5) is 39.5. The van der Waals surface area contributed by atoms with Crippen molar-refractivity contribution in [3.8, 4) is 35.0 Å². The van der Waals surface area contributed by atoms with Gasteiger partial charge in [0, 0.05) is 47.0 Å². The van der Waals surface area contributed by atoms with Gasteiger partial charge < -0.3 is 26.2 Å². The maximum atomic E-state index is 11.9. The second kappa shape index (κ2) is 20.0. The molecule has 0 spiro atoms. The van der Waals surface area contributed by atoms with Crippen molar-refractivity contribution in [1.29, 1.82) is 15.8 Å². The van der Waals surface area contributed by atoms with Crippen molar-refractivity contribution in [3.05, 3.63) is 137 Å². The Bertz CT molecular complexity index is 3720. The number of carbonyl (C=O) groups excluding carboxylic acids is 1. The molecule has 0 aliphatic heterocycles. The zero-order chi connectivity index (χ0) is 51.4. The third-order valence-electron chi connectivity index (χ3n) is 9.98. The van der Waals surface area contributed by atoms with E-state index in [9.17, 15) is 66.3 Å². The van der Waals surface area contributed by atoms with Crippen LogP contribution in [0.3, 0.4) is 0 Å². The third-order valence-corrected chi connectivity index (χ3v) is 12.7. The number of hydrogen-bond acceptors (Lipinski definition) is 18. The number of thiophene rings is 1. The van der Waals surface area contributed by atoms with E-state index >= 15 is 0 Å². The standard InChI is InChI=1S/C45H30N12O11S3/c1-23-35(21-47)39(50-30-7-11-33(12-8-30)70(63,64)65)52-40(51-31-9-13-34(14-10-31)71(66,67)68)38(23)53-55-42-36(22-48)37(25-3-5-29(6-4-25)49-24(2)58)43(69-42)56-54-41-26(20-46)15-16-57(41)32-18-27(44(59)60)17-28(19-32)45(61)62/h3-19H,1-2H3,(H,49,58)(H,59,60)(H,61,62)(H2,50,51,52)(H,63,64,65)(H,66,67,68)/b55-53?,56-54-. The normalized spacial score (nSPS) is 11.5. The molecule has 7 N–H and O–H groups in total. The van der Waals surface area contributed by atoms with Gasteiger partial charge in [-0.1, -0.05) is 23.5 Å². The second-order valence-corrected chi connectivity index (χ2v) is 18.5. The molecule has 0 saturated carbocycles. The number of benzene rings is 4. The first-order valence-corrected chi connectivity index (χ1v) is 23.5. The lowest BCUT2D eigenvalue weighted by molar-refractivity contribution is -0.114. The van der Waals surface area contributed by atoms with Crippen LogP contribution in [0.5, 0.6) is 0 Å². The van der Waals surface area contributed by atoms with Gasteiger partial charge in [-0.3, -0.25) is 18.5 Å². The number of nitrogens with zero attached hydrogens (tertiary/aromatic N) is 9. The summed E-state index contributed by atoms with van der Waals surface area (Å²) in [6.45, 7) is 2.82. The van der Waals surface area contributed by atoms with Crippen LogP contribution in [0.1, 0.15) is 49.9 Å². The van der Waals surface area contributed by atoms with E-state index in [0.717, 1.165) is 41.7 Å². The molecular weight excluding hydrogens is 981 g/mol. The summed E-state index contributed by atoms with van der Waals surface area (Å²) >= 11 is 0.807. The molecule has 354 valence electrons. The second-order valence-electron chi connectivity index (χ2n) is 14.7. The van der Waals surface area contributed by atoms with Gasteiger partial charge in [-0.05, 0) is 97.4 Å². The molecule has 0 aliphatic carbocycles. The quantitative estimate of drug-likeness (QED) is 0.0371. The van der Waals surface area contributed by atoms with Crippen molar-refractivity contribution in [3.63, 3.8) is 0 Å². The Morgan fingerprint density at radius 1 is 0.662 bits per heavy atom. The van der Waals surface area contributed by atoms with Crippen molar-refractivity contribution in [2.24, 2.45) is 20.5 Å². The molecule has 4 aromatic carbocycles. The van der Waals surface area contributed by atoms with Crippen LogP contribution in [-0.4, -0.2) is 63.6 Å². The number of pyridine rings is 1. The summed E-state index contributed by atoms with van der Waals surface area (Å²) in [7, 11) is -9.11. The monoisotopic (exact) mass is 1010 g/mol. The van der Waals surface area contributed by atoms with Crippen molar-refractivity contribution >= 4 is 99.6 Å². The van der Waals surface area contributed by atoms with E-state index in [-0.39, 0.29) is 95.1 Å². The number of aromatic nitrogens is 2. The number of hydrogen-bond donors (Lipinski definition) is 7. The lowest BCUT2D eigenvalue weighted by Gasteiger charge is -2.16. The highest BCUT2D eigenvalue weighted by molar-refractivity contribution is 7.86. The van der Waals surface area contributed by atoms with Crippen LogP contribution < -0.4 is 16.0 Å². The minimum atomic E-state index is -4.58. The van der Waals surface area contributed by atoms with Crippen molar-refractivity contribution in [2.45, 2.75) is 23.6 Å². The molecule has 7 aromatic rings. The number of azo groups is 2. The number of amides is 1. The highest BCUT2D eigenvalue weighted by Crippen LogP contribution is 2.49. The molecule has 0 radical (unpaired) electrons. The lowest BCUT2D eigenvalue weighted by Crippen LogP contribution is -2.05. The van der Waals surface area contributed by atoms with Crippen LogP contribution in [0.2, 0.25) is 0 Å². The zero-order valence-corrected chi connectivity index (χ0v) is 38.7. The van der Waals surface area contributed by atoms with Crippen LogP contribution in [0.15, 0.2) is 134 Å². The third kappa shape index (κ3) is 11.0. The van der Waals surface area contributed by atoms with Crippen LogP contribution >= 0.6 is 11.3 Å². The van der Waals surface area contributed by atoms with Crippen molar-refractivity contribution in [1.82, 2.24) is 9.55 Å². The summed E-state index contributed by atoms with van der Waals surface area (Å²) < 4.78 is 67.1. The number of carboxylic acids is 2. The molecule has 0 bridgehead atoms. The van der Waals surface area contributed by atoms with E-state index in [1.165, 1.54) is 67.1 Å². The molecular formula is C45H30N12O11S3. The summed E-state index contributed by atoms with van der Waals surface area (Å²) in [5, 5.41) is 76.8. The molecule has 1 amide bonds. The Kier molecular flexibility index (Phi) is 13.9. The predicted molar refractivity (Wildman–Crippen MR) is 254 cm³/mol. The van der Waals surface area contributed by atoms with E-state index in [1.54, 1.807) is 24.3 Å². The summed E-state index contributed by atoms with van der Waals surface area (Å²) in [5.41, 5.74) is 0.536. The number of nitriles is 3. The van der Waals surface area contributed by atoms with Gasteiger partial charge in [-0.15, -0.1) is 20.5 Å². The topological polar surface area (TPSA) is 375 Å². The predicted octanol–water partition coefficient (Wildman–Crippen LogP) is 9.69. The molecule has 3 aromatic heterocycles. The highest BCUT2D eigenvalue weighted by atomic mass is 32.2. The minimum Gasteiger partial charge on any atom is -0.478 e. The van der Waals surface area contributed by atoms with Gasteiger partial charge >= 0.3 is 11.9 Å². The molecule has 0 saturated heterocycles. The average molecular weight is 1010 g/mol. The van der Waals surface area contributed by atoms with Gasteiger partial charge in [-0.2, -0.15) is 32.6 Å². The van der Waals surface area contributed by atoms with Gasteiger partial charge in [0.2, 0.25) is 5.91 Å². The Morgan fingerprint density at radius 2 is 1.18 bits per heavy atom. The largest absolute Gasteiger partial charge is 0.478 e. The van der Waals surface area contributed by atoms with Crippen LogP contribution in [0, 0.1) is 40.9 Å². The van der Waals surface area contributed by atoms with Crippen molar-refractivity contribution < 1.29 is 50.5 Å². The Balaban J connectivity index is 1.39. The first-order valence-electron chi connectivity index (χ1n) is 19.8. The summed E-state index contributed by atoms with van der Waals surface area (Å²) in [5.74, 6) is -3.51. The van der Waals surface area contributed by atoms with Gasteiger partial charge in [0.05, 0.1) is 32.0 Å². The van der Waals surface area contributed by atoms with E-state index in [2.05, 4.69) is 47.5 Å². The van der Waals surface area contributed by atoms with E-state index < -0.39 is 42.0 Å². The Labute approximate surface area is 405 Å². The molecule has 3 heterocycles. The van der Waals surface area contributed by atoms with Crippen LogP contribution in [0.25, 0.3) is 16.8 Å². The van der Waals surface area contributed by atoms with Crippen LogP contribution in [0.4, 0.5) is 50.2 Å². The molecule has 23 nitrogen and oxygen atoms in total. The highest BCUT2D eigenvalue weighted by Gasteiger charge is 2.24. The number of carboxylic acid groups (broad SMARTS) is 2. The number of carbonyl (C=O) groups is 3. The molecule has 0 aliphatic rings. The van der Waals surface area contributed by atoms with Gasteiger partial charge in [0.15, 0.2) is 22.5 Å². The molecule has 0 fully saturated rings. The maximum absolute atomic E-state index is 11.9. The molecule has 26 heteroatoms. The smallest absolute Gasteiger partial charge is 0.335 e. The summed E-state index contributed by atoms with van der Waals surface area (Å²) in [6.07, 6.45) is 1.36. The van der Waals surface area contributed by atoms with E-state index in [0.29, 0.717) is 11.3 Å². The van der Waals surface area contributed by atoms with Gasteiger partial charge in [-0.25, -0.2) is 14.6 Å². The maximum Gasteiger partial charge on any atom is 0.335 e. The van der Waals surface area contributed by atoms with E-state index in [4.69, 9.17) is 0 Å². The molecule has 0 unspecified atom stereocenters.